The standard InChI is InChI=1S/C26H25N7O2/c1-2-3-13-28-14-6-7-20(34)25-32-22(23-24(27)30-16-17-33(23)25)18-9-11-19(12-10-18)26(35)31-21-8-4-5-15-29-21/h4-5,8-12,15-17,28H,6-7,13-14H2,1H3,(H2,27,30)(H,29,31,35). The first-order chi connectivity index (χ1) is 17.1. The van der Waals surface area contributed by atoms with E-state index in [0.717, 1.165) is 5.56 Å². The number of benzene rings is 1. The molecule has 0 radical (unpaired) electrons. The number of amides is 1. The first-order valence-corrected chi connectivity index (χ1v) is 11.2. The molecule has 1 aromatic carbocycles. The molecule has 3 heterocycles. The number of aromatic nitrogens is 4. The van der Waals surface area contributed by atoms with Crippen molar-refractivity contribution in [1.82, 2.24) is 24.7 Å². The van der Waals surface area contributed by atoms with E-state index in [9.17, 15) is 9.59 Å². The van der Waals surface area contributed by atoms with E-state index < -0.39 is 0 Å². The highest BCUT2D eigenvalue weighted by atomic mass is 16.1. The molecule has 4 rings (SSSR count). The Kier molecular flexibility index (Phi) is 7.45. The van der Waals surface area contributed by atoms with Crippen molar-refractivity contribution in [1.29, 1.82) is 0 Å². The average Bonchev–Trinajstić information content (AvgIpc) is 3.28. The van der Waals surface area contributed by atoms with Crippen molar-refractivity contribution in [2.75, 3.05) is 24.1 Å². The van der Waals surface area contributed by atoms with Crippen molar-refractivity contribution in [2.24, 2.45) is 0 Å². The van der Waals surface area contributed by atoms with Crippen molar-refractivity contribution in [3.05, 3.63) is 72.4 Å². The molecular weight excluding hydrogens is 442 g/mol. The number of fused-ring (bicyclic) bond motifs is 1. The number of pyridine rings is 1. The van der Waals surface area contributed by atoms with Gasteiger partial charge in [0, 0.05) is 36.1 Å². The second-order valence-corrected chi connectivity index (χ2v) is 7.69. The lowest BCUT2D eigenvalue weighted by Gasteiger charge is -2.05. The van der Waals surface area contributed by atoms with Crippen LogP contribution in [-0.2, 0) is 0 Å². The van der Waals surface area contributed by atoms with E-state index in [1.165, 1.54) is 0 Å². The Bertz CT molecular complexity index is 1400. The van der Waals surface area contributed by atoms with Gasteiger partial charge in [-0.15, -0.1) is 5.92 Å². The molecule has 0 aliphatic rings. The highest BCUT2D eigenvalue weighted by molar-refractivity contribution is 6.04. The predicted octanol–water partition coefficient (Wildman–Crippen LogP) is 3.20. The van der Waals surface area contributed by atoms with Crippen LogP contribution in [0.25, 0.3) is 16.8 Å². The van der Waals surface area contributed by atoms with Gasteiger partial charge in [0.25, 0.3) is 5.91 Å². The summed E-state index contributed by atoms with van der Waals surface area (Å²) in [6.07, 6.45) is 5.83. The number of nitrogens with one attached hydrogen (secondary N) is 2. The fourth-order valence-corrected chi connectivity index (χ4v) is 3.59. The van der Waals surface area contributed by atoms with Gasteiger partial charge in [0.05, 0.1) is 6.54 Å². The predicted molar refractivity (Wildman–Crippen MR) is 135 cm³/mol. The Morgan fingerprint density at radius 1 is 1.09 bits per heavy atom. The Morgan fingerprint density at radius 2 is 1.91 bits per heavy atom. The van der Waals surface area contributed by atoms with Crippen LogP contribution in [0.2, 0.25) is 0 Å². The fraction of sp³-hybridized carbons (Fsp3) is 0.192. The normalized spacial score (nSPS) is 10.5. The number of carbonyl (C=O) groups excluding carboxylic acids is 2. The number of hydrogen-bond donors (Lipinski definition) is 3. The smallest absolute Gasteiger partial charge is 0.256 e. The van der Waals surface area contributed by atoms with Gasteiger partial charge in [-0.1, -0.05) is 24.1 Å². The molecule has 0 saturated carbocycles. The van der Waals surface area contributed by atoms with Gasteiger partial charge in [-0.25, -0.2) is 15.0 Å². The van der Waals surface area contributed by atoms with Crippen LogP contribution < -0.4 is 16.4 Å². The second kappa shape index (κ2) is 11.0. The topological polar surface area (TPSA) is 127 Å². The van der Waals surface area contributed by atoms with Crippen molar-refractivity contribution < 1.29 is 9.59 Å². The molecular formula is C26H25N7O2. The van der Waals surface area contributed by atoms with Gasteiger partial charge in [-0.2, -0.15) is 0 Å². The number of anilines is 2. The maximum Gasteiger partial charge on any atom is 0.256 e. The highest BCUT2D eigenvalue weighted by Crippen LogP contribution is 2.29. The molecule has 1 amide bonds. The van der Waals surface area contributed by atoms with E-state index in [1.807, 2.05) is 0 Å². The van der Waals surface area contributed by atoms with Gasteiger partial charge < -0.3 is 16.4 Å². The molecule has 4 N–H and O–H groups in total. The molecule has 0 bridgehead atoms. The minimum absolute atomic E-state index is 0.0911. The summed E-state index contributed by atoms with van der Waals surface area (Å²) >= 11 is 0. The molecule has 0 atom stereocenters. The summed E-state index contributed by atoms with van der Waals surface area (Å²) in [6.45, 7) is 3.07. The number of rotatable bonds is 9. The summed E-state index contributed by atoms with van der Waals surface area (Å²) in [5.41, 5.74) is 8.43. The summed E-state index contributed by atoms with van der Waals surface area (Å²) in [5.74, 6) is 6.42. The zero-order valence-electron chi connectivity index (χ0n) is 19.3. The van der Waals surface area contributed by atoms with Crippen LogP contribution in [-0.4, -0.2) is 44.1 Å². The third-order valence-corrected chi connectivity index (χ3v) is 5.31. The monoisotopic (exact) mass is 467 g/mol. The third-order valence-electron chi connectivity index (χ3n) is 5.31. The third kappa shape index (κ3) is 5.51. The zero-order valence-corrected chi connectivity index (χ0v) is 19.3. The fourth-order valence-electron chi connectivity index (χ4n) is 3.59. The quantitative estimate of drug-likeness (QED) is 0.196. The van der Waals surface area contributed by atoms with E-state index in [4.69, 9.17) is 5.73 Å². The van der Waals surface area contributed by atoms with Crippen LogP contribution in [0.15, 0.2) is 61.1 Å². The van der Waals surface area contributed by atoms with Crippen LogP contribution in [0.4, 0.5) is 11.6 Å². The maximum atomic E-state index is 13.0. The number of nitrogens with two attached hydrogens (primary N) is 1. The Balaban J connectivity index is 1.55. The van der Waals surface area contributed by atoms with Crippen LogP contribution in [0, 0.1) is 11.8 Å². The molecule has 35 heavy (non-hydrogen) atoms. The molecule has 176 valence electrons. The van der Waals surface area contributed by atoms with Crippen LogP contribution in [0.1, 0.15) is 40.7 Å². The average molecular weight is 468 g/mol. The molecule has 0 unspecified atom stereocenters. The molecule has 3 aromatic heterocycles. The van der Waals surface area contributed by atoms with E-state index in [0.29, 0.717) is 54.3 Å². The van der Waals surface area contributed by atoms with E-state index >= 15 is 0 Å². The zero-order chi connectivity index (χ0) is 24.6. The summed E-state index contributed by atoms with van der Waals surface area (Å²) in [4.78, 5) is 38.4. The minimum Gasteiger partial charge on any atom is -0.382 e. The van der Waals surface area contributed by atoms with Gasteiger partial charge in [-0.3, -0.25) is 14.0 Å². The van der Waals surface area contributed by atoms with Crippen molar-refractivity contribution in [3.8, 4) is 23.1 Å². The van der Waals surface area contributed by atoms with E-state index in [1.54, 1.807) is 72.4 Å². The Morgan fingerprint density at radius 3 is 2.66 bits per heavy atom. The Hall–Kier alpha value is -4.55. The van der Waals surface area contributed by atoms with Gasteiger partial charge in [0.2, 0.25) is 0 Å². The molecule has 0 spiro atoms. The number of nitrogens with zero attached hydrogens (tertiary/aromatic N) is 4. The number of ketones is 1. The number of hydrogen-bond acceptors (Lipinski definition) is 7. The summed E-state index contributed by atoms with van der Waals surface area (Å²) in [7, 11) is 0. The molecule has 0 saturated heterocycles. The lowest BCUT2D eigenvalue weighted by atomic mass is 10.1. The minimum atomic E-state index is -0.277. The van der Waals surface area contributed by atoms with Gasteiger partial charge >= 0.3 is 0 Å². The van der Waals surface area contributed by atoms with E-state index in [-0.39, 0.29) is 17.5 Å². The van der Waals surface area contributed by atoms with Crippen molar-refractivity contribution in [3.63, 3.8) is 0 Å². The SMILES string of the molecule is CC#CCNCCCC(=O)c1nc(-c2ccc(C(=O)Nc3ccccn3)cc2)c2c(N)nccn12. The summed E-state index contributed by atoms with van der Waals surface area (Å²) in [5, 5.41) is 5.93. The molecule has 9 heteroatoms. The van der Waals surface area contributed by atoms with Crippen LogP contribution in [0.5, 0.6) is 0 Å². The molecule has 0 fully saturated rings. The number of carbonyl (C=O) groups is 2. The molecule has 4 aromatic rings. The summed E-state index contributed by atoms with van der Waals surface area (Å²) < 4.78 is 1.68. The lowest BCUT2D eigenvalue weighted by Crippen LogP contribution is -2.17. The second-order valence-electron chi connectivity index (χ2n) is 7.69. The largest absolute Gasteiger partial charge is 0.382 e. The van der Waals surface area contributed by atoms with Gasteiger partial charge in [0.15, 0.2) is 11.6 Å². The lowest BCUT2D eigenvalue weighted by molar-refractivity contribution is 0.0968. The molecule has 0 aliphatic heterocycles. The number of nitrogen functional groups attached to an aromatic ring is 1. The van der Waals surface area contributed by atoms with Crippen molar-refractivity contribution in [2.45, 2.75) is 19.8 Å². The van der Waals surface area contributed by atoms with Crippen LogP contribution in [0.3, 0.4) is 0 Å². The number of imidazole rings is 1. The number of Topliss-reactive ketones (excluding diaryl/α,β-unsaturated/α-hetero) is 1. The van der Waals surface area contributed by atoms with Crippen molar-refractivity contribution >= 4 is 28.8 Å². The Labute approximate surface area is 202 Å². The first kappa shape index (κ1) is 23.6. The first-order valence-electron chi connectivity index (χ1n) is 11.2. The molecule has 0 aliphatic carbocycles. The molecule has 9 nitrogen and oxygen atoms in total. The van der Waals surface area contributed by atoms with Gasteiger partial charge in [-0.05, 0) is 44.2 Å². The van der Waals surface area contributed by atoms with Gasteiger partial charge in [0.1, 0.15) is 22.8 Å². The van der Waals surface area contributed by atoms with Crippen LogP contribution >= 0.6 is 0 Å². The highest BCUT2D eigenvalue weighted by Gasteiger charge is 2.20. The summed E-state index contributed by atoms with van der Waals surface area (Å²) in [6, 6.07) is 12.2. The maximum absolute atomic E-state index is 13.0. The van der Waals surface area contributed by atoms with E-state index in [2.05, 4.69) is 37.4 Å².